The Morgan fingerprint density at radius 1 is 1.47 bits per heavy atom. The van der Waals surface area contributed by atoms with Gasteiger partial charge in [0.2, 0.25) is 0 Å². The largest absolute Gasteiger partial charge is 0.392 e. The van der Waals surface area contributed by atoms with Crippen LogP contribution < -0.4 is 15.2 Å². The van der Waals surface area contributed by atoms with Crippen molar-refractivity contribution in [1.82, 2.24) is 9.44 Å². The van der Waals surface area contributed by atoms with Gasteiger partial charge in [0.1, 0.15) is 0 Å². The average Bonchev–Trinajstić information content (AvgIpc) is 2.67. The minimum absolute atomic E-state index is 0.215. The third kappa shape index (κ3) is 4.14. The van der Waals surface area contributed by atoms with Gasteiger partial charge in [0, 0.05) is 13.7 Å². The minimum Gasteiger partial charge on any atom is -0.392 e. The summed E-state index contributed by atoms with van der Waals surface area (Å²) in [5.74, 6) is 0. The predicted molar refractivity (Wildman–Crippen MR) is 69.9 cm³/mol. The van der Waals surface area contributed by atoms with E-state index >= 15 is 0 Å². The van der Waals surface area contributed by atoms with Crippen molar-refractivity contribution in [2.24, 2.45) is 5.73 Å². The number of methoxy groups -OCH3 is 1. The highest BCUT2D eigenvalue weighted by Crippen LogP contribution is 2.30. The van der Waals surface area contributed by atoms with Gasteiger partial charge in [-0.05, 0) is 12.8 Å². The van der Waals surface area contributed by atoms with Crippen molar-refractivity contribution >= 4 is 27.4 Å². The maximum absolute atomic E-state index is 11.8. The smallest absolute Gasteiger partial charge is 0.277 e. The van der Waals surface area contributed by atoms with Crippen LogP contribution in [-0.2, 0) is 14.9 Å². The maximum atomic E-state index is 11.8. The van der Waals surface area contributed by atoms with Crippen LogP contribution in [0.2, 0.25) is 0 Å². The van der Waals surface area contributed by atoms with Crippen LogP contribution in [-0.4, -0.2) is 39.2 Å². The number of thiocarbonyl (C=S) groups is 1. The molecule has 0 bridgehead atoms. The Kier molecular flexibility index (Phi) is 5.26. The van der Waals surface area contributed by atoms with Crippen molar-refractivity contribution in [2.75, 3.05) is 20.3 Å². The Morgan fingerprint density at radius 3 is 2.53 bits per heavy atom. The van der Waals surface area contributed by atoms with Gasteiger partial charge in [0.05, 0.1) is 17.1 Å². The Bertz CT molecular complexity index is 364. The Labute approximate surface area is 107 Å². The molecule has 0 aromatic heterocycles. The molecule has 1 aliphatic rings. The second-order valence-corrected chi connectivity index (χ2v) is 6.09. The maximum Gasteiger partial charge on any atom is 0.277 e. The zero-order valence-corrected chi connectivity index (χ0v) is 11.5. The highest BCUT2D eigenvalue weighted by atomic mass is 32.2. The number of nitrogens with one attached hydrogen (secondary N) is 2. The lowest BCUT2D eigenvalue weighted by Crippen LogP contribution is -2.57. The third-order valence-electron chi connectivity index (χ3n) is 2.86. The molecule has 0 unspecified atom stereocenters. The first-order chi connectivity index (χ1) is 7.92. The van der Waals surface area contributed by atoms with Crippen molar-refractivity contribution in [3.63, 3.8) is 0 Å². The lowest BCUT2D eigenvalue weighted by molar-refractivity contribution is 0.204. The number of ether oxygens (including phenoxy) is 1. The molecule has 0 saturated heterocycles. The summed E-state index contributed by atoms with van der Waals surface area (Å²) in [7, 11) is -2.08. The second kappa shape index (κ2) is 6.05. The first-order valence-corrected chi connectivity index (χ1v) is 7.38. The molecule has 0 spiro atoms. The molecular weight excluding hydrogens is 262 g/mol. The predicted octanol–water partition coefficient (Wildman–Crippen LogP) is -0.344. The fourth-order valence-corrected chi connectivity index (χ4v) is 3.52. The summed E-state index contributed by atoms with van der Waals surface area (Å²) in [6, 6.07) is 0. The van der Waals surface area contributed by atoms with Crippen LogP contribution in [0.4, 0.5) is 0 Å². The fourth-order valence-electron chi connectivity index (χ4n) is 1.95. The Hall–Kier alpha value is -0.280. The molecule has 4 N–H and O–H groups in total. The van der Waals surface area contributed by atoms with E-state index in [0.717, 1.165) is 12.8 Å². The molecule has 0 amide bonds. The minimum atomic E-state index is -3.59. The molecule has 0 atom stereocenters. The molecule has 1 saturated carbocycles. The van der Waals surface area contributed by atoms with E-state index in [1.165, 1.54) is 7.11 Å². The van der Waals surface area contributed by atoms with E-state index in [0.29, 0.717) is 19.4 Å². The van der Waals surface area contributed by atoms with Gasteiger partial charge in [-0.15, -0.1) is 0 Å². The molecule has 1 fully saturated rings. The first kappa shape index (κ1) is 14.8. The lowest BCUT2D eigenvalue weighted by atomic mass is 10.00. The van der Waals surface area contributed by atoms with E-state index in [1.54, 1.807) is 0 Å². The van der Waals surface area contributed by atoms with Crippen LogP contribution >= 0.6 is 12.2 Å². The molecule has 0 radical (unpaired) electrons. The molecule has 6 nitrogen and oxygen atoms in total. The molecule has 17 heavy (non-hydrogen) atoms. The fraction of sp³-hybridized carbons (Fsp3) is 0.889. The van der Waals surface area contributed by atoms with Gasteiger partial charge < -0.3 is 10.5 Å². The molecule has 100 valence electrons. The monoisotopic (exact) mass is 281 g/mol. The summed E-state index contributed by atoms with van der Waals surface area (Å²) in [4.78, 5) is 0.215. The van der Waals surface area contributed by atoms with Gasteiger partial charge in [0.15, 0.2) is 0 Å². The lowest BCUT2D eigenvalue weighted by Gasteiger charge is -2.28. The van der Waals surface area contributed by atoms with Crippen LogP contribution in [0.15, 0.2) is 0 Å². The zero-order chi connectivity index (χ0) is 12.9. The van der Waals surface area contributed by atoms with E-state index in [1.807, 2.05) is 0 Å². The normalized spacial score (nSPS) is 19.4. The quantitative estimate of drug-likeness (QED) is 0.438. The highest BCUT2D eigenvalue weighted by molar-refractivity contribution is 7.87. The van der Waals surface area contributed by atoms with Gasteiger partial charge in [-0.25, -0.2) is 0 Å². The molecule has 0 aromatic rings. The van der Waals surface area contributed by atoms with Crippen molar-refractivity contribution in [2.45, 2.75) is 31.2 Å². The van der Waals surface area contributed by atoms with E-state index < -0.39 is 15.7 Å². The van der Waals surface area contributed by atoms with Gasteiger partial charge in [-0.1, -0.05) is 25.1 Å². The van der Waals surface area contributed by atoms with Crippen molar-refractivity contribution in [3.8, 4) is 0 Å². The molecule has 0 heterocycles. The summed E-state index contributed by atoms with van der Waals surface area (Å²) in [6.07, 6.45) is 3.18. The van der Waals surface area contributed by atoms with Gasteiger partial charge >= 0.3 is 0 Å². The van der Waals surface area contributed by atoms with Crippen LogP contribution in [0.3, 0.4) is 0 Å². The molecule has 8 heteroatoms. The van der Waals surface area contributed by atoms with E-state index in [-0.39, 0.29) is 11.5 Å². The molecular formula is C9H19N3O3S2. The standard InChI is InChI=1S/C9H19N3O3S2/c1-15-7-6-11-17(13,14)12-9(8(10)16)4-2-3-5-9/h11-12H,2-7H2,1H3,(H2,10,16). The molecule has 0 aromatic carbocycles. The van der Waals surface area contributed by atoms with E-state index in [2.05, 4.69) is 9.44 Å². The molecule has 1 rings (SSSR count). The van der Waals surface area contributed by atoms with Crippen molar-refractivity contribution < 1.29 is 13.2 Å². The van der Waals surface area contributed by atoms with Crippen molar-refractivity contribution in [1.29, 1.82) is 0 Å². The zero-order valence-electron chi connectivity index (χ0n) is 9.86. The first-order valence-electron chi connectivity index (χ1n) is 5.49. The Morgan fingerprint density at radius 2 is 2.06 bits per heavy atom. The van der Waals surface area contributed by atoms with E-state index in [9.17, 15) is 8.42 Å². The number of rotatable bonds is 7. The Balaban J connectivity index is 2.64. The number of hydrogen-bond acceptors (Lipinski definition) is 4. The van der Waals surface area contributed by atoms with Gasteiger partial charge in [-0.2, -0.15) is 17.9 Å². The summed E-state index contributed by atoms with van der Waals surface area (Å²) < 4.78 is 33.3. The summed E-state index contributed by atoms with van der Waals surface area (Å²) in [5.41, 5.74) is 4.89. The number of hydrogen-bond donors (Lipinski definition) is 3. The van der Waals surface area contributed by atoms with Crippen molar-refractivity contribution in [3.05, 3.63) is 0 Å². The van der Waals surface area contributed by atoms with Crippen LogP contribution in [0, 0.1) is 0 Å². The third-order valence-corrected chi connectivity index (χ3v) is 4.49. The van der Waals surface area contributed by atoms with Crippen LogP contribution in [0.5, 0.6) is 0 Å². The molecule has 1 aliphatic carbocycles. The van der Waals surface area contributed by atoms with Gasteiger partial charge in [-0.3, -0.25) is 0 Å². The number of nitrogens with two attached hydrogens (primary N) is 1. The van der Waals surface area contributed by atoms with E-state index in [4.69, 9.17) is 22.7 Å². The van der Waals surface area contributed by atoms with Crippen LogP contribution in [0.1, 0.15) is 25.7 Å². The second-order valence-electron chi connectivity index (χ2n) is 4.15. The SMILES string of the molecule is COCCNS(=O)(=O)NC1(C(N)=S)CCCC1. The van der Waals surface area contributed by atoms with Gasteiger partial charge in [0.25, 0.3) is 10.2 Å². The topological polar surface area (TPSA) is 93.4 Å². The highest BCUT2D eigenvalue weighted by Gasteiger charge is 2.40. The average molecular weight is 281 g/mol. The summed E-state index contributed by atoms with van der Waals surface area (Å²) in [5, 5.41) is 0. The van der Waals surface area contributed by atoms with Crippen LogP contribution in [0.25, 0.3) is 0 Å². The summed E-state index contributed by atoms with van der Waals surface area (Å²) >= 11 is 4.97. The summed E-state index contributed by atoms with van der Waals surface area (Å²) in [6.45, 7) is 0.542. The molecule has 0 aliphatic heterocycles.